The molecule has 0 atom stereocenters. The third kappa shape index (κ3) is 4.79. The molecule has 0 amide bonds. The summed E-state index contributed by atoms with van der Waals surface area (Å²) >= 11 is 1.73. The molecule has 0 unspecified atom stereocenters. The van der Waals surface area contributed by atoms with Crippen molar-refractivity contribution in [3.05, 3.63) is 59.7 Å². The first kappa shape index (κ1) is 16.4. The number of nitrogens with zero attached hydrogens (tertiary/aromatic N) is 1. The van der Waals surface area contributed by atoms with Crippen molar-refractivity contribution in [2.45, 2.75) is 18.0 Å². The fourth-order valence-corrected chi connectivity index (χ4v) is 2.42. The molecule has 0 aromatic heterocycles. The summed E-state index contributed by atoms with van der Waals surface area (Å²) in [5.41, 5.74) is 9.07. The van der Waals surface area contributed by atoms with Crippen LogP contribution in [0, 0.1) is 0 Å². The molecule has 4 nitrogen and oxygen atoms in total. The van der Waals surface area contributed by atoms with Crippen LogP contribution in [0.2, 0.25) is 0 Å². The van der Waals surface area contributed by atoms with Crippen molar-refractivity contribution in [1.29, 1.82) is 0 Å². The Labute approximate surface area is 135 Å². The summed E-state index contributed by atoms with van der Waals surface area (Å²) in [6, 6.07) is 16.2. The van der Waals surface area contributed by atoms with Gasteiger partial charge in [0.05, 0.1) is 13.2 Å². The summed E-state index contributed by atoms with van der Waals surface area (Å²) < 4.78 is 5.18. The first-order valence-electron chi connectivity index (χ1n) is 6.99. The van der Waals surface area contributed by atoms with Crippen LogP contribution in [0.3, 0.4) is 0 Å². The van der Waals surface area contributed by atoms with Crippen LogP contribution in [0.1, 0.15) is 11.1 Å². The number of anilines is 1. The molecule has 0 aliphatic rings. The summed E-state index contributed by atoms with van der Waals surface area (Å²) in [5, 5.41) is 3.13. The number of nitrogens with one attached hydrogen (secondary N) is 1. The topological polar surface area (TPSA) is 59.6 Å². The molecule has 0 spiro atoms. The van der Waals surface area contributed by atoms with E-state index in [-0.39, 0.29) is 0 Å². The molecule has 2 aromatic rings. The lowest BCUT2D eigenvalue weighted by Gasteiger charge is -2.10. The third-order valence-electron chi connectivity index (χ3n) is 3.17. The summed E-state index contributed by atoms with van der Waals surface area (Å²) in [7, 11) is 1.67. The fraction of sp³-hybridized carbons (Fsp3) is 0.235. The van der Waals surface area contributed by atoms with E-state index in [1.54, 1.807) is 18.9 Å². The molecule has 3 N–H and O–H groups in total. The third-order valence-corrected chi connectivity index (χ3v) is 3.91. The zero-order valence-electron chi connectivity index (χ0n) is 12.9. The number of methoxy groups -OCH3 is 1. The van der Waals surface area contributed by atoms with E-state index in [0.717, 1.165) is 16.8 Å². The van der Waals surface area contributed by atoms with Crippen LogP contribution in [-0.4, -0.2) is 19.3 Å². The Morgan fingerprint density at radius 3 is 2.59 bits per heavy atom. The Bertz CT molecular complexity index is 626. The van der Waals surface area contributed by atoms with Crippen LogP contribution in [0.25, 0.3) is 0 Å². The monoisotopic (exact) mass is 315 g/mol. The number of nitrogens with two attached hydrogens (primary N) is 1. The quantitative estimate of drug-likeness (QED) is 0.487. The molecule has 116 valence electrons. The van der Waals surface area contributed by atoms with Crippen molar-refractivity contribution >= 4 is 23.4 Å². The molecule has 0 heterocycles. The second-order valence-electron chi connectivity index (χ2n) is 4.76. The maximum absolute atomic E-state index is 5.97. The summed E-state index contributed by atoms with van der Waals surface area (Å²) in [6.07, 6.45) is 2.06. The Balaban J connectivity index is 2.00. The van der Waals surface area contributed by atoms with E-state index in [9.17, 15) is 0 Å². The zero-order chi connectivity index (χ0) is 15.8. The van der Waals surface area contributed by atoms with Gasteiger partial charge >= 0.3 is 0 Å². The molecule has 22 heavy (non-hydrogen) atoms. The highest BCUT2D eigenvalue weighted by molar-refractivity contribution is 7.98. The maximum atomic E-state index is 5.97. The van der Waals surface area contributed by atoms with E-state index in [2.05, 4.69) is 40.8 Å². The second kappa shape index (κ2) is 8.46. The molecule has 0 fully saturated rings. The van der Waals surface area contributed by atoms with Crippen LogP contribution in [0.15, 0.2) is 58.4 Å². The van der Waals surface area contributed by atoms with E-state index >= 15 is 0 Å². The van der Waals surface area contributed by atoms with Gasteiger partial charge in [-0.05, 0) is 30.0 Å². The van der Waals surface area contributed by atoms with Gasteiger partial charge in [0, 0.05) is 23.3 Å². The minimum Gasteiger partial charge on any atom is -0.380 e. The van der Waals surface area contributed by atoms with Gasteiger partial charge in [0.15, 0.2) is 5.96 Å². The molecule has 0 aliphatic heterocycles. The van der Waals surface area contributed by atoms with Crippen LogP contribution in [0.5, 0.6) is 0 Å². The number of benzene rings is 2. The number of hydrogen-bond acceptors (Lipinski definition) is 3. The molecule has 0 saturated carbocycles. The van der Waals surface area contributed by atoms with Gasteiger partial charge in [-0.2, -0.15) is 0 Å². The summed E-state index contributed by atoms with van der Waals surface area (Å²) in [6.45, 7) is 1.09. The summed E-state index contributed by atoms with van der Waals surface area (Å²) in [4.78, 5) is 5.63. The highest BCUT2D eigenvalue weighted by Crippen LogP contribution is 2.16. The van der Waals surface area contributed by atoms with Crippen LogP contribution >= 0.6 is 11.8 Å². The first-order chi connectivity index (χ1) is 10.7. The number of ether oxygens (including phenoxy) is 1. The molecule has 0 aliphatic carbocycles. The Hall–Kier alpha value is -1.98. The average Bonchev–Trinajstić information content (AvgIpc) is 2.55. The highest BCUT2D eigenvalue weighted by atomic mass is 32.2. The first-order valence-corrected chi connectivity index (χ1v) is 8.22. The molecule has 0 saturated heterocycles. The Morgan fingerprint density at radius 1 is 1.18 bits per heavy atom. The molecular weight excluding hydrogens is 294 g/mol. The number of guanidine groups is 1. The van der Waals surface area contributed by atoms with Crippen molar-refractivity contribution in [2.75, 3.05) is 18.7 Å². The fourth-order valence-electron chi connectivity index (χ4n) is 2.01. The van der Waals surface area contributed by atoms with Gasteiger partial charge in [0.25, 0.3) is 0 Å². The molecule has 0 radical (unpaired) electrons. The van der Waals surface area contributed by atoms with E-state index in [0.29, 0.717) is 19.1 Å². The predicted molar refractivity (Wildman–Crippen MR) is 94.3 cm³/mol. The van der Waals surface area contributed by atoms with Crippen molar-refractivity contribution in [1.82, 2.24) is 0 Å². The van der Waals surface area contributed by atoms with Gasteiger partial charge in [0.2, 0.25) is 0 Å². The van der Waals surface area contributed by atoms with Crippen molar-refractivity contribution in [2.24, 2.45) is 10.7 Å². The number of rotatable bonds is 6. The lowest BCUT2D eigenvalue weighted by molar-refractivity contribution is 0.185. The normalized spacial score (nSPS) is 11.5. The van der Waals surface area contributed by atoms with Gasteiger partial charge in [-0.25, -0.2) is 4.99 Å². The molecule has 0 bridgehead atoms. The van der Waals surface area contributed by atoms with Crippen LogP contribution < -0.4 is 11.1 Å². The van der Waals surface area contributed by atoms with E-state index in [1.165, 1.54) is 4.90 Å². The Morgan fingerprint density at radius 2 is 1.91 bits per heavy atom. The van der Waals surface area contributed by atoms with E-state index < -0.39 is 0 Å². The van der Waals surface area contributed by atoms with Gasteiger partial charge in [0.1, 0.15) is 0 Å². The van der Waals surface area contributed by atoms with Crippen LogP contribution in [0.4, 0.5) is 5.69 Å². The van der Waals surface area contributed by atoms with Gasteiger partial charge in [-0.1, -0.05) is 30.3 Å². The van der Waals surface area contributed by atoms with E-state index in [4.69, 9.17) is 10.5 Å². The maximum Gasteiger partial charge on any atom is 0.193 e. The molecule has 5 heteroatoms. The molecule has 2 rings (SSSR count). The Kier molecular flexibility index (Phi) is 6.30. The minimum atomic E-state index is 0.400. The van der Waals surface area contributed by atoms with Crippen LogP contribution in [-0.2, 0) is 17.9 Å². The largest absolute Gasteiger partial charge is 0.380 e. The van der Waals surface area contributed by atoms with Gasteiger partial charge in [-0.3, -0.25) is 0 Å². The predicted octanol–water partition coefficient (Wildman–Crippen LogP) is 3.48. The second-order valence-corrected chi connectivity index (χ2v) is 5.64. The lowest BCUT2D eigenvalue weighted by atomic mass is 10.2. The standard InChI is InChI=1S/C17H21N3OS/c1-21-12-14-5-3-4-6-16(14)20-17(18)19-11-13-7-9-15(22-2)10-8-13/h3-10H,11-12H2,1-2H3,(H3,18,19,20). The van der Waals surface area contributed by atoms with Gasteiger partial charge < -0.3 is 15.8 Å². The number of para-hydroxylation sites is 1. The number of hydrogen-bond donors (Lipinski definition) is 2. The molecule has 2 aromatic carbocycles. The minimum absolute atomic E-state index is 0.400. The van der Waals surface area contributed by atoms with Crippen molar-refractivity contribution in [3.63, 3.8) is 0 Å². The zero-order valence-corrected chi connectivity index (χ0v) is 13.7. The van der Waals surface area contributed by atoms with Crippen molar-refractivity contribution in [3.8, 4) is 0 Å². The highest BCUT2D eigenvalue weighted by Gasteiger charge is 2.02. The summed E-state index contributed by atoms with van der Waals surface area (Å²) in [5.74, 6) is 0.400. The number of thioether (sulfide) groups is 1. The number of aliphatic imine (C=N–C) groups is 1. The molecular formula is C17H21N3OS. The van der Waals surface area contributed by atoms with E-state index in [1.807, 2.05) is 24.3 Å². The van der Waals surface area contributed by atoms with Crippen molar-refractivity contribution < 1.29 is 4.74 Å². The SMILES string of the molecule is COCc1ccccc1NC(N)=NCc1ccc(SC)cc1. The average molecular weight is 315 g/mol. The lowest BCUT2D eigenvalue weighted by Crippen LogP contribution is -2.23. The van der Waals surface area contributed by atoms with Gasteiger partial charge in [-0.15, -0.1) is 11.8 Å². The smallest absolute Gasteiger partial charge is 0.193 e.